The van der Waals surface area contributed by atoms with Crippen LogP contribution in [0.25, 0.3) is 0 Å². The molecular weight excluding hydrogens is 282 g/mol. The summed E-state index contributed by atoms with van der Waals surface area (Å²) < 4.78 is 0. The number of hydrogen-bond donors (Lipinski definition) is 2. The van der Waals surface area contributed by atoms with Crippen LogP contribution in [0.3, 0.4) is 0 Å². The van der Waals surface area contributed by atoms with Crippen LogP contribution in [0.4, 0.5) is 0 Å². The fraction of sp³-hybridized carbons (Fsp3) is 0.375. The Hall–Kier alpha value is -1.72. The number of benzene rings is 1. The summed E-state index contributed by atoms with van der Waals surface area (Å²) in [7, 11) is 0. The molecule has 1 aromatic heterocycles. The molecule has 1 aromatic carbocycles. The van der Waals surface area contributed by atoms with Crippen LogP contribution in [0, 0.1) is 6.92 Å². The van der Waals surface area contributed by atoms with Gasteiger partial charge in [-0.1, -0.05) is 36.8 Å². The molecule has 0 fully saturated rings. The highest BCUT2D eigenvalue weighted by atomic mass is 32.1. The first-order chi connectivity index (χ1) is 10.0. The molecule has 0 saturated heterocycles. The number of carbonyl (C=O) groups excluding carboxylic acids is 1. The molecule has 2 atom stereocenters. The Labute approximate surface area is 129 Å². The number of hydrogen-bond acceptors (Lipinski definition) is 4. The lowest BCUT2D eigenvalue weighted by Gasteiger charge is -2.16. The van der Waals surface area contributed by atoms with Gasteiger partial charge in [-0.2, -0.15) is 0 Å². The largest absolute Gasteiger partial charge is 0.346 e. The van der Waals surface area contributed by atoms with Crippen LogP contribution in [-0.4, -0.2) is 10.9 Å². The van der Waals surface area contributed by atoms with E-state index >= 15 is 0 Å². The average Bonchev–Trinajstić information content (AvgIpc) is 2.96. The van der Waals surface area contributed by atoms with Crippen molar-refractivity contribution in [1.29, 1.82) is 0 Å². The topological polar surface area (TPSA) is 68.0 Å². The number of carbonyl (C=O) groups is 1. The predicted octanol–water partition coefficient (Wildman–Crippen LogP) is 2.89. The number of aryl methyl sites for hydroxylation is 2. The smallest absolute Gasteiger partial charge is 0.242 e. The van der Waals surface area contributed by atoms with Gasteiger partial charge in [-0.25, -0.2) is 4.98 Å². The molecular formula is C16H21N3OS. The van der Waals surface area contributed by atoms with Gasteiger partial charge in [0.2, 0.25) is 5.91 Å². The van der Waals surface area contributed by atoms with Crippen molar-refractivity contribution in [3.8, 4) is 0 Å². The van der Waals surface area contributed by atoms with E-state index in [9.17, 15) is 4.79 Å². The molecule has 1 amide bonds. The second-order valence-corrected chi connectivity index (χ2v) is 6.08. The average molecular weight is 303 g/mol. The minimum absolute atomic E-state index is 0.134. The van der Waals surface area contributed by atoms with Gasteiger partial charge in [-0.15, -0.1) is 11.3 Å². The van der Waals surface area contributed by atoms with Gasteiger partial charge in [-0.3, -0.25) is 4.79 Å². The molecule has 5 heteroatoms. The van der Waals surface area contributed by atoms with Gasteiger partial charge in [0, 0.05) is 5.38 Å². The summed E-state index contributed by atoms with van der Waals surface area (Å²) in [5.41, 5.74) is 8.87. The summed E-state index contributed by atoms with van der Waals surface area (Å²) in [5.74, 6) is -0.183. The van der Waals surface area contributed by atoms with E-state index in [-0.39, 0.29) is 11.9 Å². The van der Waals surface area contributed by atoms with Gasteiger partial charge in [0.1, 0.15) is 6.04 Å². The van der Waals surface area contributed by atoms with E-state index in [0.29, 0.717) is 0 Å². The first kappa shape index (κ1) is 15.7. The third kappa shape index (κ3) is 3.89. The molecule has 0 aliphatic carbocycles. The molecule has 0 bridgehead atoms. The molecule has 2 aromatic rings. The van der Waals surface area contributed by atoms with Gasteiger partial charge < -0.3 is 11.1 Å². The van der Waals surface area contributed by atoms with Crippen LogP contribution in [0.1, 0.15) is 47.8 Å². The van der Waals surface area contributed by atoms with Gasteiger partial charge in [0.15, 0.2) is 0 Å². The van der Waals surface area contributed by atoms with Gasteiger partial charge in [0.25, 0.3) is 0 Å². The van der Waals surface area contributed by atoms with Crippen molar-refractivity contribution in [2.24, 2.45) is 5.73 Å². The lowest BCUT2D eigenvalue weighted by atomic mass is 10.0. The summed E-state index contributed by atoms with van der Waals surface area (Å²) in [4.78, 5) is 16.7. The van der Waals surface area contributed by atoms with E-state index in [4.69, 9.17) is 5.73 Å². The summed E-state index contributed by atoms with van der Waals surface area (Å²) in [6.45, 7) is 6.00. The summed E-state index contributed by atoms with van der Waals surface area (Å²) >= 11 is 1.62. The second kappa shape index (κ2) is 6.83. The molecule has 1 heterocycles. The number of aromatic nitrogens is 1. The van der Waals surface area contributed by atoms with Crippen molar-refractivity contribution < 1.29 is 4.79 Å². The second-order valence-electron chi connectivity index (χ2n) is 5.14. The van der Waals surface area contributed by atoms with Crippen molar-refractivity contribution in [2.45, 2.75) is 39.3 Å². The van der Waals surface area contributed by atoms with Crippen molar-refractivity contribution in [2.75, 3.05) is 0 Å². The highest BCUT2D eigenvalue weighted by Crippen LogP contribution is 2.18. The van der Waals surface area contributed by atoms with E-state index < -0.39 is 6.04 Å². The normalized spacial score (nSPS) is 13.7. The Morgan fingerprint density at radius 1 is 1.38 bits per heavy atom. The van der Waals surface area contributed by atoms with Crippen molar-refractivity contribution in [3.05, 3.63) is 51.5 Å². The Morgan fingerprint density at radius 3 is 2.62 bits per heavy atom. The molecule has 0 aliphatic heterocycles. The molecule has 0 saturated carbocycles. The lowest BCUT2D eigenvalue weighted by Crippen LogP contribution is -2.35. The Balaban J connectivity index is 2.01. The minimum Gasteiger partial charge on any atom is -0.346 e. The molecule has 0 aliphatic rings. The third-order valence-electron chi connectivity index (χ3n) is 3.39. The number of nitrogens with one attached hydrogen (secondary N) is 1. The van der Waals surface area contributed by atoms with Crippen LogP contribution >= 0.6 is 11.3 Å². The maximum Gasteiger partial charge on any atom is 0.242 e. The van der Waals surface area contributed by atoms with Crippen LogP contribution in [-0.2, 0) is 11.2 Å². The fourth-order valence-corrected chi connectivity index (χ4v) is 2.83. The van der Waals surface area contributed by atoms with Crippen LogP contribution in [0.15, 0.2) is 29.6 Å². The quantitative estimate of drug-likeness (QED) is 0.892. The Bertz CT molecular complexity index is 606. The first-order valence-electron chi connectivity index (χ1n) is 7.08. The Kier molecular flexibility index (Phi) is 5.09. The van der Waals surface area contributed by atoms with E-state index in [2.05, 4.69) is 17.2 Å². The highest BCUT2D eigenvalue weighted by Gasteiger charge is 2.19. The van der Waals surface area contributed by atoms with Crippen molar-refractivity contribution in [1.82, 2.24) is 10.3 Å². The van der Waals surface area contributed by atoms with E-state index in [1.165, 1.54) is 0 Å². The number of amides is 1. The van der Waals surface area contributed by atoms with Gasteiger partial charge in [0.05, 0.1) is 16.7 Å². The number of nitrogens with zero attached hydrogens (tertiary/aromatic N) is 1. The van der Waals surface area contributed by atoms with E-state index in [1.807, 2.05) is 43.5 Å². The van der Waals surface area contributed by atoms with Crippen LogP contribution in [0.2, 0.25) is 0 Å². The number of rotatable bonds is 5. The van der Waals surface area contributed by atoms with Gasteiger partial charge >= 0.3 is 0 Å². The zero-order valence-electron chi connectivity index (χ0n) is 12.6. The zero-order valence-corrected chi connectivity index (χ0v) is 13.4. The minimum atomic E-state index is -0.655. The molecule has 2 unspecified atom stereocenters. The number of nitrogens with two attached hydrogens (primary N) is 1. The maximum atomic E-state index is 12.2. The van der Waals surface area contributed by atoms with Crippen LogP contribution < -0.4 is 11.1 Å². The predicted molar refractivity (Wildman–Crippen MR) is 86.2 cm³/mol. The lowest BCUT2D eigenvalue weighted by molar-refractivity contribution is -0.123. The SMILES string of the molecule is CCc1nc(C(C)NC(=O)C(N)c2ccc(C)cc2)cs1. The van der Waals surface area contributed by atoms with E-state index in [1.54, 1.807) is 11.3 Å². The molecule has 0 spiro atoms. The summed E-state index contributed by atoms with van der Waals surface area (Å²) in [6.07, 6.45) is 0.911. The monoisotopic (exact) mass is 303 g/mol. The molecule has 2 rings (SSSR count). The molecule has 112 valence electrons. The first-order valence-corrected chi connectivity index (χ1v) is 7.96. The van der Waals surface area contributed by atoms with E-state index in [0.717, 1.165) is 28.2 Å². The number of thiazole rings is 1. The fourth-order valence-electron chi connectivity index (χ4n) is 1.99. The molecule has 0 radical (unpaired) electrons. The third-order valence-corrected chi connectivity index (χ3v) is 4.40. The van der Waals surface area contributed by atoms with Gasteiger partial charge in [-0.05, 0) is 25.8 Å². The molecule has 4 nitrogen and oxygen atoms in total. The summed E-state index contributed by atoms with van der Waals surface area (Å²) in [5, 5.41) is 5.99. The van der Waals surface area contributed by atoms with Crippen molar-refractivity contribution in [3.63, 3.8) is 0 Å². The standard InChI is InChI=1S/C16H21N3OS/c1-4-14-19-13(9-21-14)11(3)18-16(20)15(17)12-7-5-10(2)6-8-12/h5-9,11,15H,4,17H2,1-3H3,(H,18,20). The zero-order chi connectivity index (χ0) is 15.4. The molecule has 21 heavy (non-hydrogen) atoms. The maximum absolute atomic E-state index is 12.2. The molecule has 3 N–H and O–H groups in total. The Morgan fingerprint density at radius 2 is 2.05 bits per heavy atom. The summed E-state index contributed by atoms with van der Waals surface area (Å²) in [6, 6.07) is 6.91. The van der Waals surface area contributed by atoms with Crippen molar-refractivity contribution >= 4 is 17.2 Å². The highest BCUT2D eigenvalue weighted by molar-refractivity contribution is 7.09. The van der Waals surface area contributed by atoms with Crippen LogP contribution in [0.5, 0.6) is 0 Å².